The number of hydrogen-bond acceptors (Lipinski definition) is 5. The molecule has 0 aromatic carbocycles. The quantitative estimate of drug-likeness (QED) is 0.469. The minimum atomic E-state index is -0.786. The molecular weight excluding hydrogens is 250 g/mol. The second-order valence-electron chi connectivity index (χ2n) is 5.61. The fourth-order valence-corrected chi connectivity index (χ4v) is 3.60. The second kappa shape index (κ2) is 4.23. The van der Waals surface area contributed by atoms with E-state index in [1.165, 1.54) is 7.11 Å². The number of carbonyl (C=O) groups is 2. The minimum Gasteiger partial charge on any atom is -0.424 e. The van der Waals surface area contributed by atoms with Crippen molar-refractivity contribution in [2.75, 3.05) is 13.8 Å². The summed E-state index contributed by atoms with van der Waals surface area (Å²) >= 11 is 0. The van der Waals surface area contributed by atoms with Crippen LogP contribution < -0.4 is 5.32 Å². The summed E-state index contributed by atoms with van der Waals surface area (Å²) in [4.78, 5) is 23.5. The number of methoxy groups -OCH3 is 1. The number of rotatable bonds is 3. The van der Waals surface area contributed by atoms with Gasteiger partial charge < -0.3 is 14.2 Å². The fraction of sp³-hybridized carbons (Fsp3) is 0.692. The number of allylic oxidation sites excluding steroid dienone is 2. The van der Waals surface area contributed by atoms with Crippen LogP contribution in [0, 0.1) is 23.2 Å². The predicted molar refractivity (Wildman–Crippen MR) is 63.7 cm³/mol. The van der Waals surface area contributed by atoms with Gasteiger partial charge in [0.1, 0.15) is 6.73 Å². The Labute approximate surface area is 111 Å². The number of nitrogens with one attached hydrogen (secondary N) is 1. The molecule has 3 rings (SSSR count). The third kappa shape index (κ3) is 1.82. The first-order chi connectivity index (χ1) is 9.05. The zero-order chi connectivity index (χ0) is 13.6. The average molecular weight is 267 g/mol. The normalized spacial score (nSPS) is 42.1. The van der Waals surface area contributed by atoms with Gasteiger partial charge >= 0.3 is 12.1 Å². The standard InChI is InChI=1S/C13H17NO5/c1-13-4-3-7(5-13)8-9(13)10(15)18-11(8)19-12(16)14-6-17-2/h3-4,7-9,11H,5-6H2,1-2H3,(H,14,16). The van der Waals surface area contributed by atoms with Crippen molar-refractivity contribution in [3.63, 3.8) is 0 Å². The van der Waals surface area contributed by atoms with Crippen molar-refractivity contribution < 1.29 is 23.8 Å². The Hall–Kier alpha value is -1.56. The molecule has 6 heteroatoms. The second-order valence-corrected chi connectivity index (χ2v) is 5.61. The highest BCUT2D eigenvalue weighted by molar-refractivity contribution is 5.78. The Kier molecular flexibility index (Phi) is 2.78. The van der Waals surface area contributed by atoms with E-state index in [2.05, 4.69) is 24.4 Å². The minimum absolute atomic E-state index is 0.0594. The molecule has 104 valence electrons. The van der Waals surface area contributed by atoms with E-state index in [0.29, 0.717) is 0 Å². The van der Waals surface area contributed by atoms with Crippen LogP contribution in [0.2, 0.25) is 0 Å². The van der Waals surface area contributed by atoms with Gasteiger partial charge in [-0.15, -0.1) is 0 Å². The van der Waals surface area contributed by atoms with Crippen LogP contribution in [0.25, 0.3) is 0 Å². The number of carbonyl (C=O) groups excluding carboxylic acids is 2. The van der Waals surface area contributed by atoms with Crippen LogP contribution in [0.3, 0.4) is 0 Å². The number of alkyl carbamates (subject to hydrolysis) is 1. The molecule has 0 aromatic rings. The number of cyclic esters (lactones) is 1. The maximum absolute atomic E-state index is 12.0. The zero-order valence-corrected chi connectivity index (χ0v) is 10.9. The molecule has 1 aliphatic heterocycles. The van der Waals surface area contributed by atoms with Gasteiger partial charge in [-0.25, -0.2) is 4.79 Å². The SMILES string of the molecule is COCNC(=O)OC1OC(=O)C2C1C1C=CC2(C)C1. The summed E-state index contributed by atoms with van der Waals surface area (Å²) < 4.78 is 15.1. The van der Waals surface area contributed by atoms with Gasteiger partial charge in [-0.3, -0.25) is 10.1 Å². The van der Waals surface area contributed by atoms with E-state index in [1.54, 1.807) is 0 Å². The number of esters is 1. The van der Waals surface area contributed by atoms with Crippen LogP contribution in [0.5, 0.6) is 0 Å². The van der Waals surface area contributed by atoms with Crippen molar-refractivity contribution in [1.82, 2.24) is 5.32 Å². The number of amides is 1. The van der Waals surface area contributed by atoms with Crippen LogP contribution in [-0.2, 0) is 19.0 Å². The van der Waals surface area contributed by atoms with Gasteiger partial charge in [0, 0.05) is 7.11 Å². The van der Waals surface area contributed by atoms with Crippen molar-refractivity contribution in [1.29, 1.82) is 0 Å². The van der Waals surface area contributed by atoms with Crippen molar-refractivity contribution in [2.24, 2.45) is 23.2 Å². The molecule has 6 nitrogen and oxygen atoms in total. The topological polar surface area (TPSA) is 73.9 Å². The molecule has 3 aliphatic rings. The first-order valence-corrected chi connectivity index (χ1v) is 6.38. The summed E-state index contributed by atoms with van der Waals surface area (Å²) in [5, 5.41) is 2.41. The van der Waals surface area contributed by atoms with Crippen LogP contribution >= 0.6 is 0 Å². The highest BCUT2D eigenvalue weighted by atomic mass is 16.7. The fourth-order valence-electron chi connectivity index (χ4n) is 3.60. The molecule has 5 atom stereocenters. The van der Waals surface area contributed by atoms with Gasteiger partial charge in [0.2, 0.25) is 0 Å². The molecule has 1 saturated heterocycles. The van der Waals surface area contributed by atoms with Gasteiger partial charge in [0.05, 0.1) is 11.8 Å². The van der Waals surface area contributed by atoms with E-state index in [9.17, 15) is 9.59 Å². The van der Waals surface area contributed by atoms with E-state index in [1.807, 2.05) is 0 Å². The maximum Gasteiger partial charge on any atom is 0.412 e. The van der Waals surface area contributed by atoms with Crippen LogP contribution in [-0.4, -0.2) is 32.2 Å². The van der Waals surface area contributed by atoms with Crippen LogP contribution in [0.4, 0.5) is 4.79 Å². The van der Waals surface area contributed by atoms with Gasteiger partial charge in [0.15, 0.2) is 0 Å². The molecule has 19 heavy (non-hydrogen) atoms. The molecule has 0 aromatic heterocycles. The molecule has 1 N–H and O–H groups in total. The van der Waals surface area contributed by atoms with Gasteiger partial charge in [-0.05, 0) is 17.8 Å². The Morgan fingerprint density at radius 3 is 3.16 bits per heavy atom. The summed E-state index contributed by atoms with van der Waals surface area (Å²) in [6.07, 6.45) is 3.71. The van der Waals surface area contributed by atoms with Crippen LogP contribution in [0.15, 0.2) is 12.2 Å². The summed E-state index contributed by atoms with van der Waals surface area (Å²) in [5.41, 5.74) is -0.145. The number of hydrogen-bond donors (Lipinski definition) is 1. The van der Waals surface area contributed by atoms with E-state index in [4.69, 9.17) is 14.2 Å². The zero-order valence-electron chi connectivity index (χ0n) is 10.9. The van der Waals surface area contributed by atoms with Crippen molar-refractivity contribution in [3.8, 4) is 0 Å². The van der Waals surface area contributed by atoms with E-state index in [-0.39, 0.29) is 35.9 Å². The molecule has 2 fully saturated rings. The Morgan fingerprint density at radius 1 is 1.63 bits per heavy atom. The molecule has 1 saturated carbocycles. The van der Waals surface area contributed by atoms with Crippen molar-refractivity contribution in [2.45, 2.75) is 19.6 Å². The number of fused-ring (bicyclic) bond motifs is 5. The van der Waals surface area contributed by atoms with Gasteiger partial charge in [-0.1, -0.05) is 19.1 Å². The van der Waals surface area contributed by atoms with E-state index >= 15 is 0 Å². The molecule has 0 radical (unpaired) electrons. The lowest BCUT2D eigenvalue weighted by Crippen LogP contribution is -2.35. The highest BCUT2D eigenvalue weighted by Crippen LogP contribution is 2.60. The smallest absolute Gasteiger partial charge is 0.412 e. The molecule has 2 bridgehead atoms. The van der Waals surface area contributed by atoms with E-state index < -0.39 is 12.4 Å². The maximum atomic E-state index is 12.0. The summed E-state index contributed by atoms with van der Waals surface area (Å²) in [6.45, 7) is 2.12. The predicted octanol–water partition coefficient (Wildman–Crippen LogP) is 1.03. The van der Waals surface area contributed by atoms with Gasteiger partial charge in [0.25, 0.3) is 6.29 Å². The third-order valence-electron chi connectivity index (χ3n) is 4.37. The van der Waals surface area contributed by atoms with E-state index in [0.717, 1.165) is 6.42 Å². The Bertz CT molecular complexity index is 448. The Morgan fingerprint density at radius 2 is 2.42 bits per heavy atom. The van der Waals surface area contributed by atoms with Gasteiger partial charge in [-0.2, -0.15) is 0 Å². The van der Waals surface area contributed by atoms with Crippen molar-refractivity contribution >= 4 is 12.1 Å². The van der Waals surface area contributed by atoms with Crippen LogP contribution in [0.1, 0.15) is 13.3 Å². The average Bonchev–Trinajstić information content (AvgIpc) is 2.97. The summed E-state index contributed by atoms with van der Waals surface area (Å²) in [7, 11) is 1.47. The highest BCUT2D eigenvalue weighted by Gasteiger charge is 2.64. The summed E-state index contributed by atoms with van der Waals surface area (Å²) in [6, 6.07) is 0. The first kappa shape index (κ1) is 12.5. The Balaban J connectivity index is 1.71. The molecule has 1 amide bonds. The molecular formula is C13H17NO5. The summed E-state index contributed by atoms with van der Waals surface area (Å²) in [5.74, 6) is -0.260. The monoisotopic (exact) mass is 267 g/mol. The lowest BCUT2D eigenvalue weighted by atomic mass is 9.76. The molecule has 5 unspecified atom stereocenters. The lowest BCUT2D eigenvalue weighted by molar-refractivity contribution is -0.159. The third-order valence-corrected chi connectivity index (χ3v) is 4.37. The number of ether oxygens (including phenoxy) is 3. The lowest BCUT2D eigenvalue weighted by Gasteiger charge is -2.25. The van der Waals surface area contributed by atoms with Crippen molar-refractivity contribution in [3.05, 3.63) is 12.2 Å². The largest absolute Gasteiger partial charge is 0.424 e. The molecule has 0 spiro atoms. The molecule has 2 aliphatic carbocycles. The first-order valence-electron chi connectivity index (χ1n) is 6.38. The molecule has 1 heterocycles.